The predicted octanol–water partition coefficient (Wildman–Crippen LogP) is 2.50. The Morgan fingerprint density at radius 3 is 3.06 bits per heavy atom. The molecule has 1 aliphatic rings. The van der Waals surface area contributed by atoms with Crippen molar-refractivity contribution in [3.8, 4) is 0 Å². The normalized spacial score (nSPS) is 19.1. The summed E-state index contributed by atoms with van der Waals surface area (Å²) in [5.74, 6) is 0.0598. The van der Waals surface area contributed by atoms with Crippen LogP contribution in [0.2, 0.25) is 0 Å². The molecule has 0 aliphatic heterocycles. The number of carbonyl (C=O) groups excluding carboxylic acids is 1. The fourth-order valence-corrected chi connectivity index (χ4v) is 2.52. The summed E-state index contributed by atoms with van der Waals surface area (Å²) >= 11 is 0. The number of pyridine rings is 1. The minimum absolute atomic E-state index is 0.0900. The first kappa shape index (κ1) is 12.2. The van der Waals surface area contributed by atoms with E-state index in [2.05, 4.69) is 11.1 Å². The van der Waals surface area contributed by atoms with Crippen LogP contribution in [0.3, 0.4) is 0 Å². The summed E-state index contributed by atoms with van der Waals surface area (Å²) in [4.78, 5) is 16.8. The smallest absolute Gasteiger partial charge is 0.173 e. The first-order valence-corrected chi connectivity index (χ1v) is 6.18. The Kier molecular flexibility index (Phi) is 3.29. The molecule has 0 fully saturated rings. The summed E-state index contributed by atoms with van der Waals surface area (Å²) in [6, 6.07) is 3.99. The molecule has 1 atom stereocenters. The fraction of sp³-hybridized carbons (Fsp3) is 0.571. The van der Waals surface area contributed by atoms with Gasteiger partial charge in [-0.05, 0) is 45.2 Å². The number of ketones is 1. The number of nitrogens with zero attached hydrogens (tertiary/aromatic N) is 1. The van der Waals surface area contributed by atoms with Gasteiger partial charge in [-0.25, -0.2) is 0 Å². The summed E-state index contributed by atoms with van der Waals surface area (Å²) < 4.78 is 5.54. The molecule has 3 heteroatoms. The summed E-state index contributed by atoms with van der Waals surface area (Å²) in [6.07, 6.45) is 3.57. The lowest BCUT2D eigenvalue weighted by molar-refractivity contribution is -0.141. The lowest BCUT2D eigenvalue weighted by atomic mass is 9.89. The number of rotatable bonds is 4. The maximum Gasteiger partial charge on any atom is 0.173 e. The molecule has 1 unspecified atom stereocenters. The maximum absolute atomic E-state index is 12.5. The Hall–Kier alpha value is -1.22. The SMILES string of the molecule is CCOC(C)(C)C(=O)C1CCc2cccnc21. The molecule has 1 aromatic heterocycles. The molecule has 2 rings (SSSR count). The molecule has 1 aromatic rings. The Balaban J connectivity index is 2.23. The number of hydrogen-bond acceptors (Lipinski definition) is 3. The number of hydrogen-bond donors (Lipinski definition) is 0. The van der Waals surface area contributed by atoms with E-state index in [1.54, 1.807) is 6.20 Å². The van der Waals surface area contributed by atoms with Crippen molar-refractivity contribution in [2.75, 3.05) is 6.61 Å². The third kappa shape index (κ3) is 2.25. The van der Waals surface area contributed by atoms with Gasteiger partial charge in [0, 0.05) is 12.8 Å². The van der Waals surface area contributed by atoms with E-state index in [-0.39, 0.29) is 11.7 Å². The van der Waals surface area contributed by atoms with Gasteiger partial charge in [0.25, 0.3) is 0 Å². The van der Waals surface area contributed by atoms with Gasteiger partial charge in [0.15, 0.2) is 5.78 Å². The van der Waals surface area contributed by atoms with E-state index in [4.69, 9.17) is 4.74 Å². The Labute approximate surface area is 102 Å². The molecule has 0 saturated carbocycles. The molecule has 0 radical (unpaired) electrons. The monoisotopic (exact) mass is 233 g/mol. The third-order valence-corrected chi connectivity index (χ3v) is 3.37. The highest BCUT2D eigenvalue weighted by atomic mass is 16.5. The van der Waals surface area contributed by atoms with Crippen molar-refractivity contribution in [2.24, 2.45) is 0 Å². The number of aryl methyl sites for hydroxylation is 1. The van der Waals surface area contributed by atoms with Gasteiger partial charge in [-0.3, -0.25) is 9.78 Å². The molecule has 1 aliphatic carbocycles. The standard InChI is InChI=1S/C14H19NO2/c1-4-17-14(2,3)13(16)11-8-7-10-6-5-9-15-12(10)11/h5-6,9,11H,4,7-8H2,1-3H3. The zero-order chi connectivity index (χ0) is 12.5. The second-order valence-corrected chi connectivity index (χ2v) is 4.95. The van der Waals surface area contributed by atoms with Crippen LogP contribution in [0.4, 0.5) is 0 Å². The van der Waals surface area contributed by atoms with Crippen molar-refractivity contribution < 1.29 is 9.53 Å². The highest BCUT2D eigenvalue weighted by molar-refractivity contribution is 5.93. The van der Waals surface area contributed by atoms with E-state index >= 15 is 0 Å². The van der Waals surface area contributed by atoms with Crippen LogP contribution in [0.15, 0.2) is 18.3 Å². The first-order valence-electron chi connectivity index (χ1n) is 6.18. The summed E-state index contributed by atoms with van der Waals surface area (Å²) in [5.41, 5.74) is 1.45. The zero-order valence-corrected chi connectivity index (χ0v) is 10.7. The predicted molar refractivity (Wildman–Crippen MR) is 66.0 cm³/mol. The van der Waals surface area contributed by atoms with E-state index in [0.29, 0.717) is 6.61 Å². The van der Waals surface area contributed by atoms with Gasteiger partial charge in [0.2, 0.25) is 0 Å². The Morgan fingerprint density at radius 2 is 2.35 bits per heavy atom. The van der Waals surface area contributed by atoms with E-state index in [9.17, 15) is 4.79 Å². The van der Waals surface area contributed by atoms with Gasteiger partial charge in [-0.2, -0.15) is 0 Å². The largest absolute Gasteiger partial charge is 0.368 e. The number of fused-ring (bicyclic) bond motifs is 1. The molecular weight excluding hydrogens is 214 g/mol. The molecule has 1 heterocycles. The van der Waals surface area contributed by atoms with Gasteiger partial charge in [-0.15, -0.1) is 0 Å². The molecule has 0 N–H and O–H groups in total. The van der Waals surface area contributed by atoms with Crippen molar-refractivity contribution in [3.05, 3.63) is 29.6 Å². The minimum atomic E-state index is -0.710. The van der Waals surface area contributed by atoms with E-state index < -0.39 is 5.60 Å². The molecule has 0 spiro atoms. The van der Waals surface area contributed by atoms with E-state index in [1.165, 1.54) is 5.56 Å². The lowest BCUT2D eigenvalue weighted by Gasteiger charge is -2.26. The summed E-state index contributed by atoms with van der Waals surface area (Å²) in [7, 11) is 0. The number of Topliss-reactive ketones (excluding diaryl/α,β-unsaturated/α-hetero) is 1. The third-order valence-electron chi connectivity index (χ3n) is 3.37. The molecule has 0 bridgehead atoms. The minimum Gasteiger partial charge on any atom is -0.368 e. The van der Waals surface area contributed by atoms with Gasteiger partial charge in [-0.1, -0.05) is 6.07 Å². The van der Waals surface area contributed by atoms with Crippen LogP contribution in [-0.4, -0.2) is 23.0 Å². The van der Waals surface area contributed by atoms with Crippen molar-refractivity contribution >= 4 is 5.78 Å². The fourth-order valence-electron chi connectivity index (χ4n) is 2.52. The second-order valence-electron chi connectivity index (χ2n) is 4.95. The highest BCUT2D eigenvalue weighted by Crippen LogP contribution is 2.35. The van der Waals surface area contributed by atoms with E-state index in [0.717, 1.165) is 18.5 Å². The summed E-state index contributed by atoms with van der Waals surface area (Å²) in [5, 5.41) is 0. The van der Waals surface area contributed by atoms with Crippen molar-refractivity contribution in [1.29, 1.82) is 0 Å². The molecular formula is C14H19NO2. The van der Waals surface area contributed by atoms with Gasteiger partial charge in [0.05, 0.1) is 11.6 Å². The van der Waals surface area contributed by atoms with Crippen LogP contribution in [0.5, 0.6) is 0 Å². The molecule has 92 valence electrons. The molecule has 0 aromatic carbocycles. The van der Waals surface area contributed by atoms with Crippen molar-refractivity contribution in [3.63, 3.8) is 0 Å². The lowest BCUT2D eigenvalue weighted by Crippen LogP contribution is -2.38. The average Bonchev–Trinajstić information content (AvgIpc) is 2.71. The number of ether oxygens (including phenoxy) is 1. The van der Waals surface area contributed by atoms with Gasteiger partial charge >= 0.3 is 0 Å². The Bertz CT molecular complexity index is 426. The molecule has 17 heavy (non-hydrogen) atoms. The quantitative estimate of drug-likeness (QED) is 0.802. The molecule has 0 saturated heterocycles. The van der Waals surface area contributed by atoms with Gasteiger partial charge < -0.3 is 4.74 Å². The second kappa shape index (κ2) is 4.57. The zero-order valence-electron chi connectivity index (χ0n) is 10.7. The molecule has 0 amide bonds. The van der Waals surface area contributed by atoms with Crippen LogP contribution in [0, 0.1) is 0 Å². The van der Waals surface area contributed by atoms with Crippen LogP contribution in [0.25, 0.3) is 0 Å². The average molecular weight is 233 g/mol. The summed E-state index contributed by atoms with van der Waals surface area (Å²) in [6.45, 7) is 6.16. The topological polar surface area (TPSA) is 39.2 Å². The first-order chi connectivity index (χ1) is 8.06. The van der Waals surface area contributed by atoms with Crippen LogP contribution in [0.1, 0.15) is 44.4 Å². The van der Waals surface area contributed by atoms with E-state index in [1.807, 2.05) is 26.8 Å². The number of carbonyl (C=O) groups is 1. The van der Waals surface area contributed by atoms with Crippen molar-refractivity contribution in [2.45, 2.75) is 45.1 Å². The van der Waals surface area contributed by atoms with Crippen LogP contribution < -0.4 is 0 Å². The highest BCUT2D eigenvalue weighted by Gasteiger charge is 2.38. The van der Waals surface area contributed by atoms with Crippen LogP contribution >= 0.6 is 0 Å². The Morgan fingerprint density at radius 1 is 1.59 bits per heavy atom. The molecule has 3 nitrogen and oxygen atoms in total. The number of aromatic nitrogens is 1. The van der Waals surface area contributed by atoms with Crippen LogP contribution in [-0.2, 0) is 16.0 Å². The van der Waals surface area contributed by atoms with Crippen molar-refractivity contribution in [1.82, 2.24) is 4.98 Å². The maximum atomic E-state index is 12.5. The van der Waals surface area contributed by atoms with Gasteiger partial charge in [0.1, 0.15) is 5.60 Å².